The number of phenolic OH excluding ortho intramolecular Hbond substituents is 1. The van der Waals surface area contributed by atoms with Gasteiger partial charge in [0.2, 0.25) is 5.89 Å². The van der Waals surface area contributed by atoms with Crippen LogP contribution in [0.5, 0.6) is 5.75 Å². The third kappa shape index (κ3) is 1.16. The molecule has 0 spiro atoms. The molecule has 19 heavy (non-hydrogen) atoms. The Morgan fingerprint density at radius 1 is 1.32 bits per heavy atom. The fraction of sp³-hybridized carbons (Fsp3) is 0.438. The average molecular weight is 253 g/mol. The van der Waals surface area contributed by atoms with Crippen LogP contribution in [0.2, 0.25) is 0 Å². The van der Waals surface area contributed by atoms with Crippen LogP contribution in [0.15, 0.2) is 34.3 Å². The number of phenols is 1. The quantitative estimate of drug-likeness (QED) is 0.791. The molecule has 1 N–H and O–H groups in total. The summed E-state index contributed by atoms with van der Waals surface area (Å²) in [5.74, 6) is 2.70. The molecule has 3 unspecified atom stereocenters. The van der Waals surface area contributed by atoms with Crippen LogP contribution in [0, 0.1) is 11.8 Å². The highest BCUT2D eigenvalue weighted by Gasteiger charge is 2.56. The van der Waals surface area contributed by atoms with Crippen molar-refractivity contribution < 1.29 is 9.52 Å². The number of nitrogens with zero attached hydrogens (tertiary/aromatic N) is 1. The van der Waals surface area contributed by atoms with E-state index in [1.165, 1.54) is 25.7 Å². The standard InChI is InChI=1S/C16H15NO2/c18-12-1-2-13-14(6-12)19-15(17-13)16-7-9-3-10(8-16)5-11(16)4-9/h1-2,4,6,9-10,18H,3,5,7-8H2. The molecular formula is C16H15NO2. The van der Waals surface area contributed by atoms with Crippen molar-refractivity contribution in [3.8, 4) is 5.75 Å². The van der Waals surface area contributed by atoms with E-state index in [2.05, 4.69) is 6.08 Å². The fourth-order valence-electron chi connectivity index (χ4n) is 4.61. The summed E-state index contributed by atoms with van der Waals surface area (Å²) in [5.41, 5.74) is 3.21. The normalized spacial score (nSPS) is 35.3. The second kappa shape index (κ2) is 3.03. The summed E-state index contributed by atoms with van der Waals surface area (Å²) in [7, 11) is 0. The SMILES string of the molecule is Oc1ccc2nc(C34CC5C=C3CC(C5)C4)oc2c1. The van der Waals surface area contributed by atoms with Crippen molar-refractivity contribution in [1.29, 1.82) is 0 Å². The Morgan fingerprint density at radius 2 is 2.26 bits per heavy atom. The van der Waals surface area contributed by atoms with Gasteiger partial charge in [-0.05, 0) is 49.7 Å². The first-order chi connectivity index (χ1) is 9.23. The van der Waals surface area contributed by atoms with E-state index in [1.807, 2.05) is 6.07 Å². The summed E-state index contributed by atoms with van der Waals surface area (Å²) in [6.07, 6.45) is 7.44. The number of aromatic nitrogens is 1. The van der Waals surface area contributed by atoms with Crippen LogP contribution in [-0.2, 0) is 5.41 Å². The molecule has 6 rings (SSSR count). The fourth-order valence-corrected chi connectivity index (χ4v) is 4.61. The van der Waals surface area contributed by atoms with Gasteiger partial charge in [0.25, 0.3) is 0 Å². The smallest absolute Gasteiger partial charge is 0.205 e. The van der Waals surface area contributed by atoms with E-state index in [9.17, 15) is 5.11 Å². The molecule has 2 aromatic rings. The first kappa shape index (κ1) is 10.1. The van der Waals surface area contributed by atoms with Gasteiger partial charge in [-0.15, -0.1) is 0 Å². The van der Waals surface area contributed by atoms with Gasteiger partial charge in [0.1, 0.15) is 11.3 Å². The monoisotopic (exact) mass is 253 g/mol. The molecule has 0 radical (unpaired) electrons. The Balaban J connectivity index is 1.71. The second-order valence-electron chi connectivity index (χ2n) is 6.42. The number of fused-ring (bicyclic) bond motifs is 1. The minimum absolute atomic E-state index is 0.0855. The Labute approximate surface area is 110 Å². The summed E-state index contributed by atoms with van der Waals surface area (Å²) < 4.78 is 5.99. The van der Waals surface area contributed by atoms with Crippen molar-refractivity contribution in [2.45, 2.75) is 31.1 Å². The molecule has 0 aliphatic heterocycles. The lowest BCUT2D eigenvalue weighted by molar-refractivity contribution is 0.254. The van der Waals surface area contributed by atoms with E-state index in [4.69, 9.17) is 9.40 Å². The molecule has 1 aromatic heterocycles. The van der Waals surface area contributed by atoms with E-state index in [-0.39, 0.29) is 11.2 Å². The lowest BCUT2D eigenvalue weighted by atomic mass is 9.74. The van der Waals surface area contributed by atoms with E-state index in [0.717, 1.165) is 23.2 Å². The van der Waals surface area contributed by atoms with Crippen molar-refractivity contribution >= 4 is 11.1 Å². The van der Waals surface area contributed by atoms with Crippen LogP contribution in [0.4, 0.5) is 0 Å². The lowest BCUT2D eigenvalue weighted by Crippen LogP contribution is -2.27. The largest absolute Gasteiger partial charge is 0.508 e. The van der Waals surface area contributed by atoms with Gasteiger partial charge in [-0.2, -0.15) is 0 Å². The minimum atomic E-state index is 0.0855. The molecule has 1 aromatic carbocycles. The minimum Gasteiger partial charge on any atom is -0.508 e. The summed E-state index contributed by atoms with van der Waals surface area (Å²) >= 11 is 0. The maximum atomic E-state index is 9.54. The lowest BCUT2D eigenvalue weighted by Gasteiger charge is -2.29. The number of rotatable bonds is 1. The molecule has 3 atom stereocenters. The zero-order valence-corrected chi connectivity index (χ0v) is 10.6. The van der Waals surface area contributed by atoms with E-state index >= 15 is 0 Å². The maximum absolute atomic E-state index is 9.54. The topological polar surface area (TPSA) is 46.3 Å². The Bertz CT molecular complexity index is 729. The van der Waals surface area contributed by atoms with Crippen LogP contribution < -0.4 is 0 Å². The summed E-state index contributed by atoms with van der Waals surface area (Å²) in [4.78, 5) is 4.71. The number of allylic oxidation sites excluding steroid dienone is 2. The van der Waals surface area contributed by atoms with Crippen LogP contribution >= 0.6 is 0 Å². The van der Waals surface area contributed by atoms with Crippen molar-refractivity contribution in [2.24, 2.45) is 11.8 Å². The van der Waals surface area contributed by atoms with Gasteiger partial charge in [0, 0.05) is 6.07 Å². The molecule has 0 amide bonds. The van der Waals surface area contributed by atoms with Gasteiger partial charge >= 0.3 is 0 Å². The second-order valence-corrected chi connectivity index (χ2v) is 6.42. The summed E-state index contributed by atoms with van der Waals surface area (Å²) in [5, 5.41) is 9.54. The third-order valence-electron chi connectivity index (χ3n) is 5.23. The summed E-state index contributed by atoms with van der Waals surface area (Å²) in [6, 6.07) is 5.17. The molecule has 2 fully saturated rings. The number of hydrogen-bond donors (Lipinski definition) is 1. The van der Waals surface area contributed by atoms with Gasteiger partial charge in [-0.3, -0.25) is 0 Å². The van der Waals surface area contributed by atoms with E-state index < -0.39 is 0 Å². The first-order valence-electron chi connectivity index (χ1n) is 7.04. The third-order valence-corrected chi connectivity index (χ3v) is 5.23. The molecule has 1 heterocycles. The molecular weight excluding hydrogens is 238 g/mol. The molecule has 2 saturated carbocycles. The van der Waals surface area contributed by atoms with Gasteiger partial charge in [0.05, 0.1) is 5.41 Å². The number of hydrogen-bond acceptors (Lipinski definition) is 3. The van der Waals surface area contributed by atoms with Crippen molar-refractivity contribution in [3.05, 3.63) is 35.7 Å². The van der Waals surface area contributed by atoms with Crippen molar-refractivity contribution in [3.63, 3.8) is 0 Å². The average Bonchev–Trinajstić information content (AvgIpc) is 2.97. The molecule has 4 bridgehead atoms. The zero-order valence-electron chi connectivity index (χ0n) is 10.6. The van der Waals surface area contributed by atoms with Gasteiger partial charge in [-0.25, -0.2) is 4.98 Å². The summed E-state index contributed by atoms with van der Waals surface area (Å²) in [6.45, 7) is 0. The zero-order chi connectivity index (χ0) is 12.6. The molecule has 3 heteroatoms. The molecule has 4 aliphatic rings. The van der Waals surface area contributed by atoms with E-state index in [1.54, 1.807) is 17.7 Å². The predicted octanol–water partition coefficient (Wildman–Crippen LogP) is 3.53. The maximum Gasteiger partial charge on any atom is 0.205 e. The molecule has 3 nitrogen and oxygen atoms in total. The van der Waals surface area contributed by atoms with Crippen LogP contribution in [0.25, 0.3) is 11.1 Å². The number of benzene rings is 1. The van der Waals surface area contributed by atoms with Crippen LogP contribution in [0.1, 0.15) is 31.6 Å². The van der Waals surface area contributed by atoms with Crippen LogP contribution in [-0.4, -0.2) is 10.1 Å². The van der Waals surface area contributed by atoms with Crippen molar-refractivity contribution in [1.82, 2.24) is 4.98 Å². The highest BCUT2D eigenvalue weighted by atomic mass is 16.4. The highest BCUT2D eigenvalue weighted by Crippen LogP contribution is 2.62. The van der Waals surface area contributed by atoms with E-state index in [0.29, 0.717) is 5.58 Å². The molecule has 4 aliphatic carbocycles. The van der Waals surface area contributed by atoms with Gasteiger partial charge in [-0.1, -0.05) is 11.6 Å². The molecule has 96 valence electrons. The Morgan fingerprint density at radius 3 is 3.16 bits per heavy atom. The van der Waals surface area contributed by atoms with Crippen LogP contribution in [0.3, 0.4) is 0 Å². The number of aromatic hydroxyl groups is 1. The Kier molecular flexibility index (Phi) is 1.61. The Hall–Kier alpha value is -1.77. The highest BCUT2D eigenvalue weighted by molar-refractivity contribution is 5.74. The van der Waals surface area contributed by atoms with Gasteiger partial charge < -0.3 is 9.52 Å². The van der Waals surface area contributed by atoms with Crippen molar-refractivity contribution in [2.75, 3.05) is 0 Å². The predicted molar refractivity (Wildman–Crippen MR) is 70.9 cm³/mol. The van der Waals surface area contributed by atoms with Gasteiger partial charge in [0.15, 0.2) is 5.58 Å². The first-order valence-corrected chi connectivity index (χ1v) is 7.04. The molecule has 0 saturated heterocycles. The number of oxazole rings is 1.